The van der Waals surface area contributed by atoms with Crippen LogP contribution in [0.2, 0.25) is 0 Å². The first-order valence-electron chi connectivity index (χ1n) is 9.13. The maximum Gasteiger partial charge on any atom is 0.191 e. The predicted octanol–water partition coefficient (Wildman–Crippen LogP) is 1.78. The van der Waals surface area contributed by atoms with Crippen molar-refractivity contribution in [2.24, 2.45) is 4.99 Å². The lowest BCUT2D eigenvalue weighted by Crippen LogP contribution is -2.48. The summed E-state index contributed by atoms with van der Waals surface area (Å²) in [6.45, 7) is 7.08. The highest BCUT2D eigenvalue weighted by atomic mass is 16.5. The molecule has 0 radical (unpaired) electrons. The first-order chi connectivity index (χ1) is 11.8. The second kappa shape index (κ2) is 8.49. The second-order valence-electron chi connectivity index (χ2n) is 6.81. The van der Waals surface area contributed by atoms with Crippen LogP contribution in [-0.2, 0) is 17.7 Å². The Labute approximate surface area is 145 Å². The van der Waals surface area contributed by atoms with E-state index in [1.807, 2.05) is 7.05 Å². The topological polar surface area (TPSA) is 48.9 Å². The number of hydrogen-bond acceptors (Lipinski definition) is 3. The number of benzene rings is 1. The summed E-state index contributed by atoms with van der Waals surface area (Å²) in [4.78, 5) is 6.87. The van der Waals surface area contributed by atoms with E-state index in [9.17, 15) is 0 Å². The van der Waals surface area contributed by atoms with Crippen LogP contribution < -0.4 is 10.6 Å². The molecule has 0 amide bonds. The van der Waals surface area contributed by atoms with Gasteiger partial charge in [0.1, 0.15) is 0 Å². The first kappa shape index (κ1) is 17.2. The fraction of sp³-hybridized carbons (Fsp3) is 0.632. The molecule has 24 heavy (non-hydrogen) atoms. The lowest BCUT2D eigenvalue weighted by atomic mass is 9.99. The number of nitrogens with zero attached hydrogens (tertiary/aromatic N) is 2. The minimum Gasteiger partial charge on any atom is -0.376 e. The summed E-state index contributed by atoms with van der Waals surface area (Å²) >= 11 is 0. The molecule has 2 N–H and O–H groups in total. The molecular formula is C19H30N4O. The molecule has 1 aromatic carbocycles. The molecule has 132 valence electrons. The van der Waals surface area contributed by atoms with Gasteiger partial charge in [0, 0.05) is 45.9 Å². The Bertz CT molecular complexity index is 554. The largest absolute Gasteiger partial charge is 0.376 e. The Balaban J connectivity index is 1.43. The molecule has 0 bridgehead atoms. The Morgan fingerprint density at radius 1 is 1.33 bits per heavy atom. The molecule has 1 saturated heterocycles. The van der Waals surface area contributed by atoms with Crippen molar-refractivity contribution in [3.63, 3.8) is 0 Å². The molecule has 2 aliphatic heterocycles. The smallest absolute Gasteiger partial charge is 0.191 e. The fourth-order valence-electron chi connectivity index (χ4n) is 3.50. The zero-order chi connectivity index (χ0) is 16.8. The lowest BCUT2D eigenvalue weighted by Gasteiger charge is -2.34. The minimum atomic E-state index is 0.333. The highest BCUT2D eigenvalue weighted by molar-refractivity contribution is 5.79. The summed E-state index contributed by atoms with van der Waals surface area (Å²) in [6, 6.07) is 9.27. The highest BCUT2D eigenvalue weighted by Crippen LogP contribution is 2.19. The van der Waals surface area contributed by atoms with Gasteiger partial charge >= 0.3 is 0 Å². The van der Waals surface area contributed by atoms with E-state index in [4.69, 9.17) is 4.74 Å². The van der Waals surface area contributed by atoms with E-state index in [-0.39, 0.29) is 0 Å². The maximum atomic E-state index is 5.65. The number of ether oxygens (including phenoxy) is 1. The Hall–Kier alpha value is -1.59. The minimum absolute atomic E-state index is 0.333. The summed E-state index contributed by atoms with van der Waals surface area (Å²) in [5.41, 5.74) is 2.97. The zero-order valence-corrected chi connectivity index (χ0v) is 14.9. The van der Waals surface area contributed by atoms with Gasteiger partial charge in [-0.2, -0.15) is 0 Å². The van der Waals surface area contributed by atoms with E-state index in [0.717, 1.165) is 51.6 Å². The number of hydrogen-bond donors (Lipinski definition) is 2. The number of guanidine groups is 1. The van der Waals surface area contributed by atoms with E-state index >= 15 is 0 Å². The molecule has 3 rings (SSSR count). The van der Waals surface area contributed by atoms with Crippen LogP contribution in [0.25, 0.3) is 0 Å². The Kier molecular flexibility index (Phi) is 6.10. The molecule has 0 spiro atoms. The van der Waals surface area contributed by atoms with Crippen molar-refractivity contribution >= 4 is 5.96 Å². The lowest BCUT2D eigenvalue weighted by molar-refractivity contribution is 0.113. The number of aliphatic imine (C=N–C) groups is 1. The van der Waals surface area contributed by atoms with E-state index < -0.39 is 0 Å². The van der Waals surface area contributed by atoms with Crippen LogP contribution in [0, 0.1) is 0 Å². The molecule has 2 atom stereocenters. The van der Waals surface area contributed by atoms with Gasteiger partial charge in [0.15, 0.2) is 5.96 Å². The van der Waals surface area contributed by atoms with E-state index in [2.05, 4.69) is 51.7 Å². The van der Waals surface area contributed by atoms with Gasteiger partial charge in [-0.1, -0.05) is 24.3 Å². The van der Waals surface area contributed by atoms with Gasteiger partial charge in [-0.3, -0.25) is 9.89 Å². The average molecular weight is 330 g/mol. The maximum absolute atomic E-state index is 5.65. The molecular weight excluding hydrogens is 300 g/mol. The van der Waals surface area contributed by atoms with Gasteiger partial charge in [-0.25, -0.2) is 0 Å². The van der Waals surface area contributed by atoms with Gasteiger partial charge in [0.2, 0.25) is 0 Å². The van der Waals surface area contributed by atoms with Gasteiger partial charge < -0.3 is 15.4 Å². The fourth-order valence-corrected chi connectivity index (χ4v) is 3.50. The second-order valence-corrected chi connectivity index (χ2v) is 6.81. The van der Waals surface area contributed by atoms with Crippen molar-refractivity contribution in [3.8, 4) is 0 Å². The van der Waals surface area contributed by atoms with Crippen LogP contribution >= 0.6 is 0 Å². The summed E-state index contributed by atoms with van der Waals surface area (Å²) in [6.07, 6.45) is 3.80. The molecule has 1 fully saturated rings. The summed E-state index contributed by atoms with van der Waals surface area (Å²) in [5.74, 6) is 0.870. The number of rotatable bonds is 5. The number of fused-ring (bicyclic) bond motifs is 1. The molecule has 0 aromatic heterocycles. The van der Waals surface area contributed by atoms with Gasteiger partial charge in [0.25, 0.3) is 0 Å². The van der Waals surface area contributed by atoms with E-state index in [1.54, 1.807) is 0 Å². The summed E-state index contributed by atoms with van der Waals surface area (Å²) in [7, 11) is 1.83. The molecule has 0 aliphatic carbocycles. The first-order valence-corrected chi connectivity index (χ1v) is 9.13. The van der Waals surface area contributed by atoms with Crippen molar-refractivity contribution in [1.29, 1.82) is 0 Å². The zero-order valence-electron chi connectivity index (χ0n) is 14.9. The summed E-state index contributed by atoms with van der Waals surface area (Å²) in [5, 5.41) is 6.84. The van der Waals surface area contributed by atoms with Crippen LogP contribution in [-0.4, -0.2) is 56.3 Å². The van der Waals surface area contributed by atoms with Crippen molar-refractivity contribution in [2.45, 2.75) is 44.9 Å². The predicted molar refractivity (Wildman–Crippen MR) is 98.4 cm³/mol. The SMILES string of the molecule is CN=C(NCC1CCCO1)NCC(C)N1CCc2ccccc2C1. The molecule has 2 aliphatic rings. The normalized spacial score (nSPS) is 22.9. The molecule has 0 saturated carbocycles. The van der Waals surface area contributed by atoms with Crippen LogP contribution in [0.15, 0.2) is 29.3 Å². The summed E-state index contributed by atoms with van der Waals surface area (Å²) < 4.78 is 5.65. The number of nitrogens with one attached hydrogen (secondary N) is 2. The molecule has 2 unspecified atom stereocenters. The van der Waals surface area contributed by atoms with Crippen LogP contribution in [0.1, 0.15) is 30.9 Å². The third-order valence-corrected chi connectivity index (χ3v) is 5.09. The molecule has 2 heterocycles. The van der Waals surface area contributed by atoms with E-state index in [1.165, 1.54) is 17.5 Å². The third kappa shape index (κ3) is 4.48. The van der Waals surface area contributed by atoms with Crippen LogP contribution in [0.3, 0.4) is 0 Å². The van der Waals surface area contributed by atoms with Gasteiger partial charge in [-0.05, 0) is 37.3 Å². The van der Waals surface area contributed by atoms with Crippen molar-refractivity contribution in [3.05, 3.63) is 35.4 Å². The van der Waals surface area contributed by atoms with Crippen molar-refractivity contribution < 1.29 is 4.74 Å². The third-order valence-electron chi connectivity index (χ3n) is 5.09. The monoisotopic (exact) mass is 330 g/mol. The van der Waals surface area contributed by atoms with Crippen LogP contribution in [0.4, 0.5) is 0 Å². The quantitative estimate of drug-likeness (QED) is 0.638. The van der Waals surface area contributed by atoms with Crippen molar-refractivity contribution in [1.82, 2.24) is 15.5 Å². The molecule has 5 heteroatoms. The van der Waals surface area contributed by atoms with E-state index in [0.29, 0.717) is 12.1 Å². The Morgan fingerprint density at radius 2 is 2.17 bits per heavy atom. The highest BCUT2D eigenvalue weighted by Gasteiger charge is 2.20. The van der Waals surface area contributed by atoms with Crippen LogP contribution in [0.5, 0.6) is 0 Å². The van der Waals surface area contributed by atoms with Crippen molar-refractivity contribution in [2.75, 3.05) is 33.3 Å². The molecule has 1 aromatic rings. The van der Waals surface area contributed by atoms with Gasteiger partial charge in [-0.15, -0.1) is 0 Å². The standard InChI is InChI=1S/C19H30N4O/c1-15(23-10-9-16-6-3-4-7-17(16)14-23)12-21-19(20-2)22-13-18-8-5-11-24-18/h3-4,6-7,15,18H,5,8-14H2,1-2H3,(H2,20,21,22). The Morgan fingerprint density at radius 3 is 2.92 bits per heavy atom. The van der Waals surface area contributed by atoms with Gasteiger partial charge in [0.05, 0.1) is 6.10 Å². The molecule has 5 nitrogen and oxygen atoms in total. The average Bonchev–Trinajstić information content (AvgIpc) is 3.14.